The lowest BCUT2D eigenvalue weighted by atomic mass is 10.1. The number of hydrogen-bond donors (Lipinski definition) is 2. The van der Waals surface area contributed by atoms with Crippen LogP contribution in [-0.4, -0.2) is 30.0 Å². The summed E-state index contributed by atoms with van der Waals surface area (Å²) in [5.74, 6) is -1.24. The number of nitrogens with one attached hydrogen (secondary N) is 2. The molecule has 0 aliphatic carbocycles. The highest BCUT2D eigenvalue weighted by Crippen LogP contribution is 2.18. The lowest BCUT2D eigenvalue weighted by Crippen LogP contribution is -2.29. The molecular formula is C20H17ClN4O5S. The summed E-state index contributed by atoms with van der Waals surface area (Å²) in [5.41, 5.74) is 1.09. The van der Waals surface area contributed by atoms with Crippen LogP contribution in [0.4, 0.5) is 5.69 Å². The van der Waals surface area contributed by atoms with Crippen molar-refractivity contribution < 1.29 is 18.0 Å². The lowest BCUT2D eigenvalue weighted by molar-refractivity contribution is -0.118. The van der Waals surface area contributed by atoms with Gasteiger partial charge in [-0.3, -0.25) is 14.4 Å². The maximum atomic E-state index is 12.4. The van der Waals surface area contributed by atoms with E-state index < -0.39 is 27.4 Å². The van der Waals surface area contributed by atoms with Crippen molar-refractivity contribution in [2.24, 2.45) is 0 Å². The minimum atomic E-state index is -3.97. The lowest BCUT2D eigenvalue weighted by Gasteiger charge is -2.09. The molecule has 2 amide bonds. The summed E-state index contributed by atoms with van der Waals surface area (Å²) >= 11 is 5.88. The van der Waals surface area contributed by atoms with Crippen molar-refractivity contribution in [2.75, 3.05) is 5.32 Å². The molecule has 1 aromatic heterocycles. The predicted octanol–water partition coefficient (Wildman–Crippen LogP) is 2.03. The number of sulfonamides is 1. The van der Waals surface area contributed by atoms with Crippen LogP contribution in [0, 0.1) is 0 Å². The number of halogens is 1. The molecule has 31 heavy (non-hydrogen) atoms. The molecule has 1 heterocycles. The van der Waals surface area contributed by atoms with Gasteiger partial charge in [-0.1, -0.05) is 23.7 Å². The molecule has 0 aliphatic rings. The van der Waals surface area contributed by atoms with E-state index in [1.807, 2.05) is 4.72 Å². The Morgan fingerprint density at radius 2 is 1.65 bits per heavy atom. The quantitative estimate of drug-likeness (QED) is 0.579. The smallest absolute Gasteiger partial charge is 0.267 e. The van der Waals surface area contributed by atoms with Crippen LogP contribution in [0.1, 0.15) is 6.92 Å². The average Bonchev–Trinajstić information content (AvgIpc) is 2.70. The number of carbonyl (C=O) groups excluding carboxylic acids is 2. The fraction of sp³-hybridized carbons (Fsp3) is 0.100. The number of anilines is 1. The molecule has 3 rings (SSSR count). The molecule has 0 saturated carbocycles. The summed E-state index contributed by atoms with van der Waals surface area (Å²) in [5, 5.41) is 7.34. The first-order valence-electron chi connectivity index (χ1n) is 8.91. The fourth-order valence-corrected chi connectivity index (χ4v) is 3.76. The Balaban J connectivity index is 1.72. The minimum Gasteiger partial charge on any atom is -0.324 e. The Labute approximate surface area is 182 Å². The molecule has 0 aliphatic heterocycles. The van der Waals surface area contributed by atoms with Gasteiger partial charge < -0.3 is 5.32 Å². The second-order valence-corrected chi connectivity index (χ2v) is 8.57. The highest BCUT2D eigenvalue weighted by atomic mass is 35.5. The molecule has 2 N–H and O–H groups in total. The molecular weight excluding hydrogens is 444 g/mol. The summed E-state index contributed by atoms with van der Waals surface area (Å²) < 4.78 is 26.8. The van der Waals surface area contributed by atoms with Gasteiger partial charge in [0.1, 0.15) is 6.54 Å². The topological polar surface area (TPSA) is 127 Å². The van der Waals surface area contributed by atoms with Gasteiger partial charge in [-0.2, -0.15) is 5.10 Å². The number of hydrogen-bond acceptors (Lipinski definition) is 6. The summed E-state index contributed by atoms with van der Waals surface area (Å²) in [6.45, 7) is 0.746. The highest BCUT2D eigenvalue weighted by molar-refractivity contribution is 7.90. The molecule has 11 heteroatoms. The highest BCUT2D eigenvalue weighted by Gasteiger charge is 2.15. The first-order valence-corrected chi connectivity index (χ1v) is 10.8. The zero-order valence-electron chi connectivity index (χ0n) is 16.2. The van der Waals surface area contributed by atoms with E-state index in [1.54, 1.807) is 30.3 Å². The van der Waals surface area contributed by atoms with E-state index in [9.17, 15) is 22.8 Å². The Bertz CT molecular complexity index is 1290. The third-order valence-corrected chi connectivity index (χ3v) is 5.73. The molecule has 0 fully saturated rings. The van der Waals surface area contributed by atoms with Gasteiger partial charge in [-0.25, -0.2) is 17.8 Å². The molecule has 3 aromatic rings. The summed E-state index contributed by atoms with van der Waals surface area (Å²) in [4.78, 5) is 35.3. The molecule has 9 nitrogen and oxygen atoms in total. The van der Waals surface area contributed by atoms with E-state index >= 15 is 0 Å². The van der Waals surface area contributed by atoms with E-state index in [0.717, 1.165) is 17.2 Å². The van der Waals surface area contributed by atoms with Gasteiger partial charge >= 0.3 is 0 Å². The molecule has 2 aromatic carbocycles. The van der Waals surface area contributed by atoms with Crippen LogP contribution < -0.4 is 15.6 Å². The van der Waals surface area contributed by atoms with Gasteiger partial charge in [-0.05, 0) is 42.5 Å². The number of amides is 2. The molecule has 0 saturated heterocycles. The van der Waals surface area contributed by atoms with Gasteiger partial charge in [0.05, 0.1) is 10.6 Å². The van der Waals surface area contributed by atoms with E-state index in [-0.39, 0.29) is 11.4 Å². The van der Waals surface area contributed by atoms with Crippen molar-refractivity contribution in [3.05, 3.63) is 76.0 Å². The standard InChI is InChI=1S/C20H17ClN4O5S/c1-13(26)24-31(29,30)17-8-6-16(7-9-17)22-19(27)12-25-20(28)11-10-18(23-25)14-2-4-15(21)5-3-14/h2-11H,12H2,1H3,(H,22,27)(H,24,26). The van der Waals surface area contributed by atoms with Crippen LogP contribution in [0.5, 0.6) is 0 Å². The van der Waals surface area contributed by atoms with E-state index in [4.69, 9.17) is 11.6 Å². The van der Waals surface area contributed by atoms with Gasteiger partial charge in [0, 0.05) is 29.3 Å². The second-order valence-electron chi connectivity index (χ2n) is 6.46. The van der Waals surface area contributed by atoms with Crippen molar-refractivity contribution in [2.45, 2.75) is 18.4 Å². The first kappa shape index (κ1) is 22.2. The van der Waals surface area contributed by atoms with Crippen molar-refractivity contribution in [1.82, 2.24) is 14.5 Å². The van der Waals surface area contributed by atoms with E-state index in [1.165, 1.54) is 30.3 Å². The zero-order valence-corrected chi connectivity index (χ0v) is 17.8. The number of aromatic nitrogens is 2. The molecule has 0 radical (unpaired) electrons. The van der Waals surface area contributed by atoms with Crippen LogP contribution in [0.25, 0.3) is 11.3 Å². The van der Waals surface area contributed by atoms with Gasteiger partial charge in [0.25, 0.3) is 15.6 Å². The van der Waals surface area contributed by atoms with E-state index in [0.29, 0.717) is 16.4 Å². The molecule has 0 bridgehead atoms. The maximum absolute atomic E-state index is 12.4. The normalized spacial score (nSPS) is 11.0. The third-order valence-electron chi connectivity index (χ3n) is 4.03. The Morgan fingerprint density at radius 3 is 2.26 bits per heavy atom. The number of carbonyl (C=O) groups is 2. The largest absolute Gasteiger partial charge is 0.324 e. The minimum absolute atomic E-state index is 0.130. The van der Waals surface area contributed by atoms with Crippen LogP contribution in [0.3, 0.4) is 0 Å². The molecule has 0 spiro atoms. The maximum Gasteiger partial charge on any atom is 0.267 e. The molecule has 0 atom stereocenters. The van der Waals surface area contributed by atoms with Crippen molar-refractivity contribution >= 4 is 39.1 Å². The number of rotatable bonds is 6. The first-order chi connectivity index (χ1) is 14.6. The van der Waals surface area contributed by atoms with Crippen LogP contribution in [-0.2, 0) is 26.2 Å². The van der Waals surface area contributed by atoms with Gasteiger partial charge in [0.15, 0.2) is 0 Å². The van der Waals surface area contributed by atoms with Crippen molar-refractivity contribution in [1.29, 1.82) is 0 Å². The summed E-state index contributed by atoms with van der Waals surface area (Å²) in [6, 6.07) is 15.0. The monoisotopic (exact) mass is 460 g/mol. The van der Waals surface area contributed by atoms with Gasteiger partial charge in [0.2, 0.25) is 11.8 Å². The third kappa shape index (κ3) is 5.77. The Kier molecular flexibility index (Phi) is 6.52. The SMILES string of the molecule is CC(=O)NS(=O)(=O)c1ccc(NC(=O)Cn2nc(-c3ccc(Cl)cc3)ccc2=O)cc1. The van der Waals surface area contributed by atoms with Crippen molar-refractivity contribution in [3.8, 4) is 11.3 Å². The van der Waals surface area contributed by atoms with Gasteiger partial charge in [-0.15, -0.1) is 0 Å². The second kappa shape index (κ2) is 9.11. The average molecular weight is 461 g/mol. The van der Waals surface area contributed by atoms with Crippen LogP contribution in [0.15, 0.2) is 70.4 Å². The van der Waals surface area contributed by atoms with Crippen molar-refractivity contribution in [3.63, 3.8) is 0 Å². The Morgan fingerprint density at radius 1 is 1.00 bits per heavy atom. The van der Waals surface area contributed by atoms with Crippen LogP contribution >= 0.6 is 11.6 Å². The molecule has 160 valence electrons. The molecule has 0 unspecified atom stereocenters. The summed E-state index contributed by atoms with van der Waals surface area (Å²) in [7, 11) is -3.97. The zero-order chi connectivity index (χ0) is 22.6. The Hall–Kier alpha value is -3.50. The van der Waals surface area contributed by atoms with Crippen LogP contribution in [0.2, 0.25) is 5.02 Å². The number of nitrogens with zero attached hydrogens (tertiary/aromatic N) is 2. The summed E-state index contributed by atoms with van der Waals surface area (Å²) in [6.07, 6.45) is 0. The van der Waals surface area contributed by atoms with E-state index in [2.05, 4.69) is 10.4 Å². The number of benzene rings is 2. The predicted molar refractivity (Wildman–Crippen MR) is 115 cm³/mol. The fourth-order valence-electron chi connectivity index (χ4n) is 2.64.